The third-order valence-electron chi connectivity index (χ3n) is 2.85. The first kappa shape index (κ1) is 15.3. The number of hydrogen-bond acceptors (Lipinski definition) is 4. The normalized spacial score (nSPS) is 23.2. The fourth-order valence-corrected chi connectivity index (χ4v) is 2.06. The standard InChI is InChI=1S/C12H19NO6/c1-12(2,3)19-11(18)13-5-7(4-9(14)15)8(6-13)10(16)17/h7-8H,4-6H2,1-3H3,(H,14,15)(H,16,17)/t7-,8+/m0/s1. The van der Waals surface area contributed by atoms with Crippen LogP contribution in [-0.4, -0.2) is 51.8 Å². The summed E-state index contributed by atoms with van der Waals surface area (Å²) >= 11 is 0. The molecule has 1 aliphatic rings. The van der Waals surface area contributed by atoms with Crippen molar-refractivity contribution >= 4 is 18.0 Å². The first-order chi connectivity index (χ1) is 8.60. The second-order valence-electron chi connectivity index (χ2n) is 5.69. The topological polar surface area (TPSA) is 104 Å². The zero-order valence-corrected chi connectivity index (χ0v) is 11.3. The SMILES string of the molecule is CC(C)(C)OC(=O)N1C[C@H](CC(=O)O)[C@H](C(=O)O)C1. The molecule has 7 heteroatoms. The van der Waals surface area contributed by atoms with Crippen molar-refractivity contribution in [1.29, 1.82) is 0 Å². The van der Waals surface area contributed by atoms with Crippen LogP contribution < -0.4 is 0 Å². The highest BCUT2D eigenvalue weighted by atomic mass is 16.6. The molecule has 0 aromatic rings. The molecule has 1 amide bonds. The van der Waals surface area contributed by atoms with Crippen molar-refractivity contribution in [3.8, 4) is 0 Å². The Balaban J connectivity index is 2.72. The number of carbonyl (C=O) groups is 3. The predicted octanol–water partition coefficient (Wildman–Crippen LogP) is 1.03. The fourth-order valence-electron chi connectivity index (χ4n) is 2.06. The number of carboxylic acid groups (broad SMARTS) is 2. The lowest BCUT2D eigenvalue weighted by molar-refractivity contribution is -0.143. The second kappa shape index (κ2) is 5.46. The molecule has 0 unspecified atom stereocenters. The zero-order chi connectivity index (χ0) is 14.8. The van der Waals surface area contributed by atoms with Crippen LogP contribution in [0.25, 0.3) is 0 Å². The molecule has 19 heavy (non-hydrogen) atoms. The smallest absolute Gasteiger partial charge is 0.410 e. The minimum absolute atomic E-state index is 0.0117. The number of amides is 1. The molecule has 2 atom stereocenters. The van der Waals surface area contributed by atoms with Gasteiger partial charge in [-0.1, -0.05) is 0 Å². The van der Waals surface area contributed by atoms with E-state index in [9.17, 15) is 14.4 Å². The van der Waals surface area contributed by atoms with Gasteiger partial charge < -0.3 is 19.8 Å². The quantitative estimate of drug-likeness (QED) is 0.795. The van der Waals surface area contributed by atoms with Crippen LogP contribution in [0.3, 0.4) is 0 Å². The van der Waals surface area contributed by atoms with E-state index in [1.54, 1.807) is 20.8 Å². The first-order valence-electron chi connectivity index (χ1n) is 6.02. The number of carboxylic acids is 2. The van der Waals surface area contributed by atoms with Gasteiger partial charge in [0.05, 0.1) is 12.3 Å². The Morgan fingerprint density at radius 2 is 1.79 bits per heavy atom. The maximum atomic E-state index is 11.8. The molecular formula is C12H19NO6. The molecular weight excluding hydrogens is 254 g/mol. The van der Waals surface area contributed by atoms with Crippen LogP contribution in [0.4, 0.5) is 4.79 Å². The third kappa shape index (κ3) is 4.42. The van der Waals surface area contributed by atoms with Crippen molar-refractivity contribution in [2.75, 3.05) is 13.1 Å². The van der Waals surface area contributed by atoms with E-state index in [1.165, 1.54) is 4.90 Å². The maximum Gasteiger partial charge on any atom is 0.410 e. The van der Waals surface area contributed by atoms with Gasteiger partial charge in [-0.05, 0) is 20.8 Å². The van der Waals surface area contributed by atoms with Crippen LogP contribution in [0.15, 0.2) is 0 Å². The van der Waals surface area contributed by atoms with E-state index in [-0.39, 0.29) is 19.5 Å². The van der Waals surface area contributed by atoms with Crippen LogP contribution >= 0.6 is 0 Å². The van der Waals surface area contributed by atoms with E-state index in [0.717, 1.165) is 0 Å². The zero-order valence-electron chi connectivity index (χ0n) is 11.3. The molecule has 1 rings (SSSR count). The number of hydrogen-bond donors (Lipinski definition) is 2. The molecule has 0 radical (unpaired) electrons. The van der Waals surface area contributed by atoms with Crippen LogP contribution in [-0.2, 0) is 14.3 Å². The first-order valence-corrected chi connectivity index (χ1v) is 6.02. The Hall–Kier alpha value is -1.79. The Kier molecular flexibility index (Phi) is 4.39. The number of rotatable bonds is 3. The van der Waals surface area contributed by atoms with E-state index in [1.807, 2.05) is 0 Å². The Labute approximate surface area is 111 Å². The number of likely N-dealkylation sites (tertiary alicyclic amines) is 1. The summed E-state index contributed by atoms with van der Waals surface area (Å²) in [5, 5.41) is 17.8. The summed E-state index contributed by atoms with van der Waals surface area (Å²) < 4.78 is 5.15. The van der Waals surface area contributed by atoms with Crippen LogP contribution in [0, 0.1) is 11.8 Å². The Bertz CT molecular complexity index is 386. The van der Waals surface area contributed by atoms with Crippen molar-refractivity contribution in [2.24, 2.45) is 11.8 Å². The summed E-state index contributed by atoms with van der Waals surface area (Å²) in [6.45, 7) is 5.22. The number of aliphatic carboxylic acids is 2. The summed E-state index contributed by atoms with van der Waals surface area (Å²) in [7, 11) is 0. The molecule has 0 bridgehead atoms. The summed E-state index contributed by atoms with van der Waals surface area (Å²) in [5.74, 6) is -3.59. The summed E-state index contributed by atoms with van der Waals surface area (Å²) in [6, 6.07) is 0. The van der Waals surface area contributed by atoms with Crippen LogP contribution in [0.2, 0.25) is 0 Å². The van der Waals surface area contributed by atoms with E-state index >= 15 is 0 Å². The molecule has 2 N–H and O–H groups in total. The van der Waals surface area contributed by atoms with Gasteiger partial charge in [0.1, 0.15) is 5.60 Å². The van der Waals surface area contributed by atoms with E-state index in [0.29, 0.717) is 0 Å². The van der Waals surface area contributed by atoms with Gasteiger partial charge in [0.2, 0.25) is 0 Å². The predicted molar refractivity (Wildman–Crippen MR) is 64.7 cm³/mol. The Morgan fingerprint density at radius 3 is 2.21 bits per heavy atom. The van der Waals surface area contributed by atoms with Crippen LogP contribution in [0.1, 0.15) is 27.2 Å². The van der Waals surface area contributed by atoms with Crippen molar-refractivity contribution in [3.05, 3.63) is 0 Å². The molecule has 0 saturated carbocycles. The Morgan fingerprint density at radius 1 is 1.21 bits per heavy atom. The number of nitrogens with zero attached hydrogens (tertiary/aromatic N) is 1. The summed E-state index contributed by atoms with van der Waals surface area (Å²) in [5.41, 5.74) is -0.666. The van der Waals surface area contributed by atoms with Gasteiger partial charge in [0.15, 0.2) is 0 Å². The molecule has 0 aromatic carbocycles. The number of carbonyl (C=O) groups excluding carboxylic acids is 1. The minimum atomic E-state index is -1.09. The van der Waals surface area contributed by atoms with Gasteiger partial charge in [-0.2, -0.15) is 0 Å². The van der Waals surface area contributed by atoms with E-state index in [4.69, 9.17) is 14.9 Å². The fraction of sp³-hybridized carbons (Fsp3) is 0.750. The van der Waals surface area contributed by atoms with Crippen molar-refractivity contribution in [3.63, 3.8) is 0 Å². The summed E-state index contributed by atoms with van der Waals surface area (Å²) in [6.07, 6.45) is -0.873. The highest BCUT2D eigenvalue weighted by Crippen LogP contribution is 2.28. The largest absolute Gasteiger partial charge is 0.481 e. The van der Waals surface area contributed by atoms with Gasteiger partial charge in [0, 0.05) is 19.0 Å². The lowest BCUT2D eigenvalue weighted by atomic mass is 9.93. The molecule has 0 aliphatic carbocycles. The monoisotopic (exact) mass is 273 g/mol. The van der Waals surface area contributed by atoms with E-state index < -0.39 is 35.5 Å². The van der Waals surface area contributed by atoms with E-state index in [2.05, 4.69) is 0 Å². The van der Waals surface area contributed by atoms with Gasteiger partial charge in [-0.3, -0.25) is 9.59 Å². The maximum absolute atomic E-state index is 11.8. The molecule has 1 aliphatic heterocycles. The molecule has 1 saturated heterocycles. The average molecular weight is 273 g/mol. The lowest BCUT2D eigenvalue weighted by Gasteiger charge is -2.24. The molecule has 108 valence electrons. The highest BCUT2D eigenvalue weighted by Gasteiger charge is 2.41. The van der Waals surface area contributed by atoms with Gasteiger partial charge in [-0.25, -0.2) is 4.79 Å². The van der Waals surface area contributed by atoms with Gasteiger partial charge >= 0.3 is 18.0 Å². The molecule has 0 spiro atoms. The highest BCUT2D eigenvalue weighted by molar-refractivity contribution is 5.76. The lowest BCUT2D eigenvalue weighted by Crippen LogP contribution is -2.36. The van der Waals surface area contributed by atoms with Gasteiger partial charge in [0.25, 0.3) is 0 Å². The molecule has 7 nitrogen and oxygen atoms in total. The molecule has 0 aromatic heterocycles. The van der Waals surface area contributed by atoms with Crippen molar-refractivity contribution in [2.45, 2.75) is 32.8 Å². The average Bonchev–Trinajstić information content (AvgIpc) is 2.57. The minimum Gasteiger partial charge on any atom is -0.481 e. The second-order valence-corrected chi connectivity index (χ2v) is 5.69. The molecule has 1 heterocycles. The number of ether oxygens (including phenoxy) is 1. The van der Waals surface area contributed by atoms with Gasteiger partial charge in [-0.15, -0.1) is 0 Å². The van der Waals surface area contributed by atoms with Crippen molar-refractivity contribution in [1.82, 2.24) is 4.90 Å². The third-order valence-corrected chi connectivity index (χ3v) is 2.85. The van der Waals surface area contributed by atoms with Crippen LogP contribution in [0.5, 0.6) is 0 Å². The molecule has 1 fully saturated rings. The van der Waals surface area contributed by atoms with Crippen molar-refractivity contribution < 1.29 is 29.3 Å². The summed E-state index contributed by atoms with van der Waals surface area (Å²) in [4.78, 5) is 34.9.